The van der Waals surface area contributed by atoms with Gasteiger partial charge in [-0.05, 0) is 51.1 Å². The topological polar surface area (TPSA) is 131 Å². The van der Waals surface area contributed by atoms with E-state index >= 15 is 0 Å². The van der Waals surface area contributed by atoms with E-state index in [1.165, 1.54) is 18.2 Å². The number of azo groups is 1. The van der Waals surface area contributed by atoms with Gasteiger partial charge in [0.25, 0.3) is 5.69 Å². The lowest BCUT2D eigenvalue weighted by atomic mass is 10.2. The number of carbonyl (C=O) groups is 1. The molecule has 0 aromatic heterocycles. The summed E-state index contributed by atoms with van der Waals surface area (Å²) in [5.41, 5.74) is 2.04. The number of aliphatic hydroxyl groups excluding tert-OH is 1. The number of nitro benzene ring substituents is 1. The Balaban J connectivity index is 0.00000133. The Morgan fingerprint density at radius 2 is 1.79 bits per heavy atom. The van der Waals surface area contributed by atoms with Gasteiger partial charge in [-0.3, -0.25) is 10.1 Å². The molecule has 2 rings (SSSR count). The third-order valence-corrected chi connectivity index (χ3v) is 5.05. The molecule has 0 aliphatic carbocycles. The summed E-state index contributed by atoms with van der Waals surface area (Å²) in [7, 11) is 4.24. The SMILES string of the molecule is CC(=O)[O-].CCN(CC[N+](C)(C)CC(C)O)c1ccc(N=Nc2ccc([N+](=O)[O-])cc2Cl)cc1. The van der Waals surface area contributed by atoms with Crippen LogP contribution < -0.4 is 10.0 Å². The van der Waals surface area contributed by atoms with Gasteiger partial charge in [0.05, 0.1) is 42.8 Å². The second-order valence-corrected chi connectivity index (χ2v) is 8.78. The van der Waals surface area contributed by atoms with Gasteiger partial charge in [-0.1, -0.05) is 11.6 Å². The molecule has 0 saturated heterocycles. The van der Waals surface area contributed by atoms with E-state index < -0.39 is 10.9 Å². The molecule has 186 valence electrons. The number of anilines is 1. The molecule has 34 heavy (non-hydrogen) atoms. The lowest BCUT2D eigenvalue weighted by Gasteiger charge is -2.34. The molecule has 0 heterocycles. The Bertz CT molecular complexity index is 976. The molecule has 1 atom stereocenters. The molecule has 2 aromatic rings. The highest BCUT2D eigenvalue weighted by Gasteiger charge is 2.19. The molecule has 10 nitrogen and oxygen atoms in total. The van der Waals surface area contributed by atoms with Gasteiger partial charge >= 0.3 is 0 Å². The number of quaternary nitrogens is 1. The van der Waals surface area contributed by atoms with E-state index in [4.69, 9.17) is 21.5 Å². The Kier molecular flexibility index (Phi) is 11.6. The number of hydrogen-bond donors (Lipinski definition) is 1. The highest BCUT2D eigenvalue weighted by molar-refractivity contribution is 6.33. The fraction of sp³-hybridized carbons (Fsp3) is 0.435. The molecule has 0 amide bonds. The van der Waals surface area contributed by atoms with E-state index in [9.17, 15) is 15.2 Å². The van der Waals surface area contributed by atoms with Crippen LogP contribution in [0.2, 0.25) is 5.02 Å². The van der Waals surface area contributed by atoms with Crippen molar-refractivity contribution in [1.29, 1.82) is 0 Å². The number of halogens is 1. The van der Waals surface area contributed by atoms with Gasteiger partial charge in [-0.15, -0.1) is 5.11 Å². The van der Waals surface area contributed by atoms with Gasteiger partial charge in [-0.2, -0.15) is 5.11 Å². The van der Waals surface area contributed by atoms with Crippen molar-refractivity contribution in [1.82, 2.24) is 0 Å². The average Bonchev–Trinajstić information content (AvgIpc) is 2.72. The van der Waals surface area contributed by atoms with Crippen molar-refractivity contribution < 1.29 is 24.4 Å². The first-order chi connectivity index (χ1) is 15.8. The van der Waals surface area contributed by atoms with Crippen LogP contribution in [0.5, 0.6) is 0 Å². The van der Waals surface area contributed by atoms with Crippen molar-refractivity contribution in [2.45, 2.75) is 26.9 Å². The van der Waals surface area contributed by atoms with E-state index in [1.54, 1.807) is 0 Å². The predicted molar refractivity (Wildman–Crippen MR) is 131 cm³/mol. The number of carboxylic acid groups (broad SMARTS) is 1. The molecule has 11 heteroatoms. The first-order valence-electron chi connectivity index (χ1n) is 10.7. The molecule has 1 unspecified atom stereocenters. The number of nitrogens with zero attached hydrogens (tertiary/aromatic N) is 5. The first kappa shape index (κ1) is 29.0. The van der Waals surface area contributed by atoms with Crippen LogP contribution in [0.25, 0.3) is 0 Å². The molecule has 0 aliphatic heterocycles. The van der Waals surface area contributed by atoms with Crippen LogP contribution in [0.15, 0.2) is 52.7 Å². The van der Waals surface area contributed by atoms with Gasteiger partial charge in [0.15, 0.2) is 0 Å². The van der Waals surface area contributed by atoms with Crippen LogP contribution in [0.4, 0.5) is 22.7 Å². The minimum absolute atomic E-state index is 0.0850. The Morgan fingerprint density at radius 3 is 2.26 bits per heavy atom. The summed E-state index contributed by atoms with van der Waals surface area (Å²) in [4.78, 5) is 21.4. The number of hydrogen-bond acceptors (Lipinski definition) is 8. The quantitative estimate of drug-likeness (QED) is 0.232. The summed E-state index contributed by atoms with van der Waals surface area (Å²) in [5, 5.41) is 37.8. The summed E-state index contributed by atoms with van der Waals surface area (Å²) in [5.74, 6) is -1.08. The number of carboxylic acids is 1. The summed E-state index contributed by atoms with van der Waals surface area (Å²) < 4.78 is 0.746. The maximum absolute atomic E-state index is 10.8. The molecule has 0 saturated carbocycles. The third kappa shape index (κ3) is 10.7. The molecule has 0 bridgehead atoms. The van der Waals surface area contributed by atoms with Crippen LogP contribution >= 0.6 is 11.6 Å². The maximum Gasteiger partial charge on any atom is 0.271 e. The van der Waals surface area contributed by atoms with Gasteiger partial charge in [0.2, 0.25) is 0 Å². The van der Waals surface area contributed by atoms with Gasteiger partial charge < -0.3 is 24.4 Å². The summed E-state index contributed by atoms with van der Waals surface area (Å²) >= 11 is 6.05. The van der Waals surface area contributed by atoms with Crippen molar-refractivity contribution >= 4 is 40.3 Å². The lowest BCUT2D eigenvalue weighted by Crippen LogP contribution is -2.49. The normalized spacial score (nSPS) is 12.1. The van der Waals surface area contributed by atoms with Crippen LogP contribution in [0.3, 0.4) is 0 Å². The molecular weight excluding hydrogens is 462 g/mol. The standard InChI is InChI=1S/C21H29ClN5O3.C2H4O2/c1-5-25(12-13-27(3,4)15-16(2)28)18-8-6-17(7-9-18)23-24-21-11-10-19(26(29)30)14-20(21)22;1-2(3)4/h6-11,14,16,28H,5,12-13,15H2,1-4H3;1H3,(H,3,4)/q+1;/p-1. The zero-order chi connectivity index (χ0) is 25.9. The second kappa shape index (κ2) is 13.6. The van der Waals surface area contributed by atoms with Crippen LogP contribution in [-0.4, -0.2) is 66.9 Å². The van der Waals surface area contributed by atoms with Gasteiger partial charge in [0.1, 0.15) is 18.3 Å². The molecule has 0 aliphatic rings. The molecular formula is C23H32ClN5O5. The van der Waals surface area contributed by atoms with Crippen molar-refractivity contribution in [3.63, 3.8) is 0 Å². The monoisotopic (exact) mass is 493 g/mol. The maximum atomic E-state index is 10.8. The minimum atomic E-state index is -1.08. The number of rotatable bonds is 10. The number of carbonyl (C=O) groups excluding carboxylic acids is 1. The van der Waals surface area contributed by atoms with Crippen molar-refractivity contribution in [3.8, 4) is 0 Å². The Morgan fingerprint density at radius 1 is 1.21 bits per heavy atom. The second-order valence-electron chi connectivity index (χ2n) is 8.37. The van der Waals surface area contributed by atoms with Crippen LogP contribution in [0.1, 0.15) is 20.8 Å². The average molecular weight is 494 g/mol. The fourth-order valence-electron chi connectivity index (χ4n) is 3.20. The summed E-state index contributed by atoms with van der Waals surface area (Å²) in [6.45, 7) is 8.26. The highest BCUT2D eigenvalue weighted by atomic mass is 35.5. The Labute approximate surface area is 204 Å². The van der Waals surface area contributed by atoms with Crippen molar-refractivity contribution in [2.75, 3.05) is 45.2 Å². The predicted octanol–water partition coefficient (Wildman–Crippen LogP) is 3.70. The zero-order valence-corrected chi connectivity index (χ0v) is 20.9. The van der Waals surface area contributed by atoms with Gasteiger partial charge in [0, 0.05) is 30.3 Å². The van der Waals surface area contributed by atoms with Crippen molar-refractivity contribution in [2.24, 2.45) is 10.2 Å². The van der Waals surface area contributed by atoms with E-state index in [0.717, 1.165) is 36.7 Å². The van der Waals surface area contributed by atoms with Crippen LogP contribution in [-0.2, 0) is 4.79 Å². The van der Waals surface area contributed by atoms with Crippen molar-refractivity contribution in [3.05, 3.63) is 57.6 Å². The number of non-ortho nitro benzene ring substituents is 1. The largest absolute Gasteiger partial charge is 0.550 e. The number of nitro groups is 1. The number of likely N-dealkylation sites (N-methyl/N-ethyl adjacent to an activating group) is 2. The smallest absolute Gasteiger partial charge is 0.271 e. The van der Waals surface area contributed by atoms with Crippen LogP contribution in [0, 0.1) is 10.1 Å². The van der Waals surface area contributed by atoms with Gasteiger partial charge in [-0.25, -0.2) is 0 Å². The molecule has 0 fully saturated rings. The third-order valence-electron chi connectivity index (χ3n) is 4.75. The number of aliphatic carboxylic acids is 1. The summed E-state index contributed by atoms with van der Waals surface area (Å²) in [6.07, 6.45) is -0.330. The zero-order valence-electron chi connectivity index (χ0n) is 20.1. The lowest BCUT2D eigenvalue weighted by molar-refractivity contribution is -0.891. The molecule has 2 aromatic carbocycles. The first-order valence-corrected chi connectivity index (χ1v) is 11.1. The van der Waals surface area contributed by atoms with E-state index in [0.29, 0.717) is 17.9 Å². The minimum Gasteiger partial charge on any atom is -0.550 e. The molecule has 0 radical (unpaired) electrons. The van der Waals surface area contributed by atoms with E-state index in [2.05, 4.69) is 36.1 Å². The summed E-state index contributed by atoms with van der Waals surface area (Å²) in [6, 6.07) is 11.8. The van der Waals surface area contributed by atoms with E-state index in [1.807, 2.05) is 31.2 Å². The van der Waals surface area contributed by atoms with E-state index in [-0.39, 0.29) is 16.8 Å². The highest BCUT2D eigenvalue weighted by Crippen LogP contribution is 2.30. The fourth-order valence-corrected chi connectivity index (χ4v) is 3.41. The Hall–Kier alpha value is -3.08. The molecule has 0 spiro atoms. The molecule has 1 N–H and O–H groups in total. The number of aliphatic hydroxyl groups is 1. The number of benzene rings is 2.